The molecule has 0 spiro atoms. The van der Waals surface area contributed by atoms with E-state index in [2.05, 4.69) is 12.2 Å². The molecule has 59 valence electrons. The van der Waals surface area contributed by atoms with Crippen molar-refractivity contribution in [2.24, 2.45) is 5.92 Å². The molecule has 0 aliphatic carbocycles. The smallest absolute Gasteiger partial charge is 0.318 e. The van der Waals surface area contributed by atoms with Gasteiger partial charge in [-0.15, -0.1) is 0 Å². The largest absolute Gasteiger partial charge is 0.450 e. The quantitative estimate of drug-likeness (QED) is 0.639. The van der Waals surface area contributed by atoms with Gasteiger partial charge in [0.05, 0.1) is 0 Å². The van der Waals surface area contributed by atoms with Gasteiger partial charge >= 0.3 is 6.09 Å². The monoisotopic (exact) mass is 144 g/mol. The van der Waals surface area contributed by atoms with E-state index in [0.717, 1.165) is 12.8 Å². The van der Waals surface area contributed by atoms with Crippen molar-refractivity contribution in [2.75, 3.05) is 6.54 Å². The first-order valence-corrected chi connectivity index (χ1v) is 3.61. The van der Waals surface area contributed by atoms with Gasteiger partial charge in [-0.05, 0) is 12.3 Å². The Kier molecular flexibility index (Phi) is 4.72. The van der Waals surface area contributed by atoms with Crippen molar-refractivity contribution >= 4 is 6.09 Å². The maximum Gasteiger partial charge on any atom is 0.450 e. The molecule has 1 atom stereocenters. The second-order valence-electron chi connectivity index (χ2n) is 2.56. The molecule has 3 heteroatoms. The Hall–Kier alpha value is -0.730. The van der Waals surface area contributed by atoms with Gasteiger partial charge in [0.2, 0.25) is 0 Å². The lowest BCUT2D eigenvalue weighted by atomic mass is 10.1. The highest BCUT2D eigenvalue weighted by molar-refractivity contribution is 5.63. The van der Waals surface area contributed by atoms with Gasteiger partial charge in [0, 0.05) is 6.54 Å². The number of hydrogen-bond donors (Lipinski definition) is 1. The molecule has 3 nitrogen and oxygen atoms in total. The van der Waals surface area contributed by atoms with Gasteiger partial charge in [-0.25, -0.2) is 9.90 Å². The summed E-state index contributed by atoms with van der Waals surface area (Å²) in [5.74, 6) is 0.419. The normalized spacial score (nSPS) is 12.6. The van der Waals surface area contributed by atoms with Crippen molar-refractivity contribution < 1.29 is 9.90 Å². The predicted octanol–water partition coefficient (Wildman–Crippen LogP) is 1.56. The Balaban J connectivity index is 3.21. The summed E-state index contributed by atoms with van der Waals surface area (Å²) < 4.78 is 0. The lowest BCUT2D eigenvalue weighted by Gasteiger charge is -2.07. The lowest BCUT2D eigenvalue weighted by Crippen LogP contribution is -2.25. The summed E-state index contributed by atoms with van der Waals surface area (Å²) in [5, 5.41) is 12.1. The molecular weight excluding hydrogens is 130 g/mol. The average Bonchev–Trinajstić information content (AvgIpc) is 1.85. The van der Waals surface area contributed by atoms with Crippen LogP contribution in [0.25, 0.3) is 0 Å². The summed E-state index contributed by atoms with van der Waals surface area (Å²) in [6.45, 7) is 4.60. The van der Waals surface area contributed by atoms with Gasteiger partial charge in [0.1, 0.15) is 0 Å². The van der Waals surface area contributed by atoms with E-state index in [1.807, 2.05) is 6.92 Å². The molecule has 0 aromatic carbocycles. The number of nitrogens with one attached hydrogen (secondary N) is 1. The van der Waals surface area contributed by atoms with E-state index in [1.54, 1.807) is 0 Å². The SMILES string of the molecule is CCCC(C)CNC([O])=O. The minimum absolute atomic E-state index is 0.419. The van der Waals surface area contributed by atoms with Crippen LogP contribution in [0.15, 0.2) is 0 Å². The zero-order valence-corrected chi connectivity index (χ0v) is 6.52. The lowest BCUT2D eigenvalue weighted by molar-refractivity contribution is 0.166. The molecule has 0 saturated heterocycles. The maximum atomic E-state index is 9.89. The maximum absolute atomic E-state index is 9.89. The summed E-state index contributed by atoms with van der Waals surface area (Å²) in [5.41, 5.74) is 0. The Bertz CT molecular complexity index is 104. The van der Waals surface area contributed by atoms with Gasteiger partial charge in [0.15, 0.2) is 0 Å². The van der Waals surface area contributed by atoms with Gasteiger partial charge in [0.25, 0.3) is 0 Å². The third kappa shape index (κ3) is 5.41. The molecular formula is C7H14NO2. The molecule has 1 N–H and O–H groups in total. The Morgan fingerprint density at radius 1 is 1.60 bits per heavy atom. The summed E-state index contributed by atoms with van der Waals surface area (Å²) in [4.78, 5) is 9.89. The Morgan fingerprint density at radius 2 is 2.20 bits per heavy atom. The molecule has 1 amide bonds. The highest BCUT2D eigenvalue weighted by Crippen LogP contribution is 2.02. The molecule has 0 saturated carbocycles. The zero-order chi connectivity index (χ0) is 7.98. The molecule has 10 heavy (non-hydrogen) atoms. The van der Waals surface area contributed by atoms with E-state index in [9.17, 15) is 9.90 Å². The third-order valence-corrected chi connectivity index (χ3v) is 1.38. The van der Waals surface area contributed by atoms with E-state index in [0.29, 0.717) is 12.5 Å². The predicted molar refractivity (Wildman–Crippen MR) is 38.2 cm³/mol. The molecule has 0 heterocycles. The van der Waals surface area contributed by atoms with Crippen molar-refractivity contribution in [1.29, 1.82) is 0 Å². The number of carbonyl (C=O) groups excluding carboxylic acids is 1. The summed E-state index contributed by atoms with van der Waals surface area (Å²) >= 11 is 0. The van der Waals surface area contributed by atoms with Crippen molar-refractivity contribution in [3.05, 3.63) is 0 Å². The molecule has 1 radical (unpaired) electrons. The van der Waals surface area contributed by atoms with Crippen LogP contribution in [-0.4, -0.2) is 12.6 Å². The number of carbonyl (C=O) groups is 1. The van der Waals surface area contributed by atoms with Crippen LogP contribution in [0.2, 0.25) is 0 Å². The first kappa shape index (κ1) is 9.27. The fourth-order valence-corrected chi connectivity index (χ4v) is 0.852. The van der Waals surface area contributed by atoms with Crippen molar-refractivity contribution in [1.82, 2.24) is 5.32 Å². The van der Waals surface area contributed by atoms with Gasteiger partial charge in [-0.3, -0.25) is 0 Å². The summed E-state index contributed by atoms with van der Waals surface area (Å²) in [7, 11) is 0. The summed E-state index contributed by atoms with van der Waals surface area (Å²) in [6, 6.07) is 0. The van der Waals surface area contributed by atoms with Gasteiger partial charge < -0.3 is 5.32 Å². The molecule has 0 aliphatic heterocycles. The van der Waals surface area contributed by atoms with Crippen LogP contribution in [0.5, 0.6) is 0 Å². The molecule has 0 rings (SSSR count). The molecule has 0 aromatic rings. The third-order valence-electron chi connectivity index (χ3n) is 1.38. The van der Waals surface area contributed by atoms with Crippen LogP contribution >= 0.6 is 0 Å². The van der Waals surface area contributed by atoms with Crippen molar-refractivity contribution in [3.63, 3.8) is 0 Å². The number of rotatable bonds is 4. The Labute approximate surface area is 61.4 Å². The van der Waals surface area contributed by atoms with Gasteiger partial charge in [-0.2, -0.15) is 0 Å². The number of hydrogen-bond acceptors (Lipinski definition) is 1. The van der Waals surface area contributed by atoms with E-state index < -0.39 is 6.09 Å². The highest BCUT2D eigenvalue weighted by Gasteiger charge is 2.02. The van der Waals surface area contributed by atoms with Crippen molar-refractivity contribution in [3.8, 4) is 0 Å². The van der Waals surface area contributed by atoms with E-state index in [-0.39, 0.29) is 0 Å². The van der Waals surface area contributed by atoms with Crippen LogP contribution in [0.1, 0.15) is 26.7 Å². The second kappa shape index (κ2) is 5.09. The minimum Gasteiger partial charge on any atom is -0.318 e. The van der Waals surface area contributed by atoms with E-state index in [1.165, 1.54) is 0 Å². The van der Waals surface area contributed by atoms with Gasteiger partial charge in [-0.1, -0.05) is 20.3 Å². The Morgan fingerprint density at radius 3 is 2.60 bits per heavy atom. The number of amides is 1. The molecule has 0 bridgehead atoms. The topological polar surface area (TPSA) is 49.0 Å². The van der Waals surface area contributed by atoms with E-state index >= 15 is 0 Å². The zero-order valence-electron chi connectivity index (χ0n) is 6.52. The molecule has 0 fully saturated rings. The molecule has 0 aliphatic rings. The first-order valence-electron chi connectivity index (χ1n) is 3.61. The van der Waals surface area contributed by atoms with Crippen LogP contribution in [0, 0.1) is 5.92 Å². The van der Waals surface area contributed by atoms with Crippen LogP contribution in [0.3, 0.4) is 0 Å². The standard InChI is InChI=1S/C7H14NO2/c1-3-4-6(2)5-8-7(9)10/h6,8H,3-5H2,1-2H3. The fraction of sp³-hybridized carbons (Fsp3) is 0.857. The molecule has 1 unspecified atom stereocenters. The second-order valence-corrected chi connectivity index (χ2v) is 2.56. The fourth-order valence-electron chi connectivity index (χ4n) is 0.852. The molecule has 0 aromatic heterocycles. The summed E-state index contributed by atoms with van der Waals surface area (Å²) in [6.07, 6.45) is 0.971. The van der Waals surface area contributed by atoms with Crippen LogP contribution in [-0.2, 0) is 5.11 Å². The minimum atomic E-state index is -1.18. The average molecular weight is 144 g/mol. The van der Waals surface area contributed by atoms with Crippen molar-refractivity contribution in [2.45, 2.75) is 26.7 Å². The van der Waals surface area contributed by atoms with E-state index in [4.69, 9.17) is 0 Å². The first-order chi connectivity index (χ1) is 4.66. The highest BCUT2D eigenvalue weighted by atomic mass is 16.4. The van der Waals surface area contributed by atoms with Crippen LogP contribution < -0.4 is 5.32 Å². The van der Waals surface area contributed by atoms with Crippen LogP contribution in [0.4, 0.5) is 4.79 Å².